The van der Waals surface area contributed by atoms with Crippen molar-refractivity contribution >= 4 is 5.78 Å². The number of carbonyl (C=O) groups excluding carboxylic acids is 1. The lowest BCUT2D eigenvalue weighted by Crippen LogP contribution is -1.98. The molecule has 0 aliphatic rings. The molecule has 0 spiro atoms. The van der Waals surface area contributed by atoms with E-state index in [1.165, 1.54) is 12.1 Å². The van der Waals surface area contributed by atoms with Crippen LogP contribution < -0.4 is 0 Å². The fourth-order valence-electron chi connectivity index (χ4n) is 1.10. The summed E-state index contributed by atoms with van der Waals surface area (Å²) >= 11 is 0. The Hall–Kier alpha value is -1.62. The second-order valence-corrected chi connectivity index (χ2v) is 3.78. The highest BCUT2D eigenvalue weighted by atomic mass is 19.1. The molecule has 0 atom stereocenters. The molecule has 1 aromatic rings. The van der Waals surface area contributed by atoms with Crippen LogP contribution in [0.15, 0.2) is 24.3 Å². The first-order valence-electron chi connectivity index (χ1n) is 4.88. The van der Waals surface area contributed by atoms with E-state index in [1.807, 2.05) is 13.8 Å². The van der Waals surface area contributed by atoms with Gasteiger partial charge in [-0.3, -0.25) is 4.79 Å². The van der Waals surface area contributed by atoms with Gasteiger partial charge in [-0.15, -0.1) is 0 Å². The molecule has 0 heterocycles. The molecule has 1 rings (SSSR count). The highest BCUT2D eigenvalue weighted by molar-refractivity contribution is 5.96. The predicted molar refractivity (Wildman–Crippen MR) is 57.7 cm³/mol. The van der Waals surface area contributed by atoms with Gasteiger partial charge < -0.3 is 0 Å². The van der Waals surface area contributed by atoms with Crippen LogP contribution in [0, 0.1) is 23.6 Å². The summed E-state index contributed by atoms with van der Waals surface area (Å²) in [5, 5.41) is 0. The number of Topliss-reactive ketones (excluding diaryl/α,β-unsaturated/α-hetero) is 1. The fourth-order valence-corrected chi connectivity index (χ4v) is 1.10. The average Bonchev–Trinajstić information content (AvgIpc) is 2.16. The Morgan fingerprint density at radius 1 is 1.33 bits per heavy atom. The monoisotopic (exact) mass is 204 g/mol. The fraction of sp³-hybridized carbons (Fsp3) is 0.308. The Balaban J connectivity index is 2.65. The van der Waals surface area contributed by atoms with Crippen molar-refractivity contribution in [2.24, 2.45) is 5.92 Å². The molecule has 0 aliphatic carbocycles. The highest BCUT2D eigenvalue weighted by Gasteiger charge is 2.00. The summed E-state index contributed by atoms with van der Waals surface area (Å²) in [5.74, 6) is 5.20. The Labute approximate surface area is 89.3 Å². The van der Waals surface area contributed by atoms with Crippen molar-refractivity contribution in [1.82, 2.24) is 0 Å². The van der Waals surface area contributed by atoms with E-state index in [0.29, 0.717) is 17.9 Å². The maximum atomic E-state index is 12.5. The smallest absolute Gasteiger partial charge is 0.206 e. The zero-order chi connectivity index (χ0) is 11.3. The number of hydrogen-bond donors (Lipinski definition) is 0. The summed E-state index contributed by atoms with van der Waals surface area (Å²) in [6, 6.07) is 5.78. The van der Waals surface area contributed by atoms with Gasteiger partial charge in [-0.2, -0.15) is 0 Å². The van der Waals surface area contributed by atoms with E-state index in [0.717, 1.165) is 0 Å². The number of halogens is 1. The molecule has 0 saturated carbocycles. The van der Waals surface area contributed by atoms with Crippen molar-refractivity contribution in [2.45, 2.75) is 20.3 Å². The SMILES string of the molecule is CC(C)CC(=O)C#Cc1ccc(F)cc1. The molecule has 0 bridgehead atoms. The molecule has 0 fully saturated rings. The van der Waals surface area contributed by atoms with Crippen LogP contribution >= 0.6 is 0 Å². The minimum atomic E-state index is -0.297. The van der Waals surface area contributed by atoms with Crippen LogP contribution in [0.2, 0.25) is 0 Å². The minimum Gasteiger partial charge on any atom is -0.285 e. The Morgan fingerprint density at radius 3 is 2.47 bits per heavy atom. The molecule has 1 nitrogen and oxygen atoms in total. The number of carbonyl (C=O) groups is 1. The quantitative estimate of drug-likeness (QED) is 0.677. The zero-order valence-corrected chi connectivity index (χ0v) is 8.88. The third-order valence-corrected chi connectivity index (χ3v) is 1.78. The number of ketones is 1. The lowest BCUT2D eigenvalue weighted by molar-refractivity contribution is -0.114. The third kappa shape index (κ3) is 4.42. The maximum absolute atomic E-state index is 12.5. The van der Waals surface area contributed by atoms with Crippen LogP contribution in [0.3, 0.4) is 0 Å². The van der Waals surface area contributed by atoms with Gasteiger partial charge >= 0.3 is 0 Å². The van der Waals surface area contributed by atoms with Crippen LogP contribution in [0.25, 0.3) is 0 Å². The summed E-state index contributed by atoms with van der Waals surface area (Å²) in [6.07, 6.45) is 0.466. The number of benzene rings is 1. The van der Waals surface area contributed by atoms with Gasteiger partial charge in [-0.05, 0) is 36.1 Å². The molecule has 2 heteroatoms. The first-order chi connectivity index (χ1) is 7.08. The molecule has 0 N–H and O–H groups in total. The molecule has 78 valence electrons. The third-order valence-electron chi connectivity index (χ3n) is 1.78. The van der Waals surface area contributed by atoms with Crippen molar-refractivity contribution in [3.05, 3.63) is 35.6 Å². The van der Waals surface area contributed by atoms with E-state index in [4.69, 9.17) is 0 Å². The summed E-state index contributed by atoms with van der Waals surface area (Å²) in [5.41, 5.74) is 0.661. The number of rotatable bonds is 2. The lowest BCUT2D eigenvalue weighted by Gasteiger charge is -1.96. The molecule has 15 heavy (non-hydrogen) atoms. The highest BCUT2D eigenvalue weighted by Crippen LogP contribution is 2.02. The second-order valence-electron chi connectivity index (χ2n) is 3.78. The minimum absolute atomic E-state index is 0.0747. The van der Waals surface area contributed by atoms with E-state index < -0.39 is 0 Å². The van der Waals surface area contributed by atoms with Crippen LogP contribution in [0.1, 0.15) is 25.8 Å². The van der Waals surface area contributed by atoms with Gasteiger partial charge in [0.25, 0.3) is 0 Å². The first-order valence-corrected chi connectivity index (χ1v) is 4.88. The van der Waals surface area contributed by atoms with Crippen LogP contribution in [0.4, 0.5) is 4.39 Å². The van der Waals surface area contributed by atoms with Gasteiger partial charge in [0.2, 0.25) is 5.78 Å². The molecular weight excluding hydrogens is 191 g/mol. The molecule has 0 radical (unpaired) electrons. The van der Waals surface area contributed by atoms with Gasteiger partial charge in [0.1, 0.15) is 5.82 Å². The topological polar surface area (TPSA) is 17.1 Å². The Morgan fingerprint density at radius 2 is 1.93 bits per heavy atom. The van der Waals surface area contributed by atoms with Crippen LogP contribution in [0.5, 0.6) is 0 Å². The second kappa shape index (κ2) is 5.31. The van der Waals surface area contributed by atoms with Crippen molar-refractivity contribution in [3.8, 4) is 11.8 Å². The molecule has 1 aromatic carbocycles. The van der Waals surface area contributed by atoms with Crippen molar-refractivity contribution < 1.29 is 9.18 Å². The summed E-state index contributed by atoms with van der Waals surface area (Å²) in [6.45, 7) is 3.94. The van der Waals surface area contributed by atoms with E-state index in [9.17, 15) is 9.18 Å². The maximum Gasteiger partial charge on any atom is 0.206 e. The van der Waals surface area contributed by atoms with Gasteiger partial charge in [0.05, 0.1) is 0 Å². The Kier molecular flexibility index (Phi) is 4.05. The Bertz CT molecular complexity index is 393. The normalized spacial score (nSPS) is 9.60. The summed E-state index contributed by atoms with van der Waals surface area (Å²) in [7, 11) is 0. The molecule has 0 aliphatic heterocycles. The number of hydrogen-bond acceptors (Lipinski definition) is 1. The van der Waals surface area contributed by atoms with Crippen molar-refractivity contribution in [2.75, 3.05) is 0 Å². The summed E-state index contributed by atoms with van der Waals surface area (Å²) < 4.78 is 12.5. The van der Waals surface area contributed by atoms with Gasteiger partial charge in [0, 0.05) is 12.0 Å². The van der Waals surface area contributed by atoms with E-state index in [-0.39, 0.29) is 11.6 Å². The van der Waals surface area contributed by atoms with E-state index in [1.54, 1.807) is 12.1 Å². The van der Waals surface area contributed by atoms with E-state index >= 15 is 0 Å². The largest absolute Gasteiger partial charge is 0.285 e. The summed E-state index contributed by atoms with van der Waals surface area (Å²) in [4.78, 5) is 11.2. The van der Waals surface area contributed by atoms with Crippen LogP contribution in [-0.2, 0) is 4.79 Å². The average molecular weight is 204 g/mol. The van der Waals surface area contributed by atoms with E-state index in [2.05, 4.69) is 11.8 Å². The van der Waals surface area contributed by atoms with Crippen molar-refractivity contribution in [3.63, 3.8) is 0 Å². The predicted octanol–water partition coefficient (Wildman–Crippen LogP) is 2.79. The molecular formula is C13H13FO. The molecule has 0 aromatic heterocycles. The molecule has 0 saturated heterocycles. The van der Waals surface area contributed by atoms with Gasteiger partial charge in [-0.25, -0.2) is 4.39 Å². The van der Waals surface area contributed by atoms with Gasteiger partial charge in [-0.1, -0.05) is 19.8 Å². The van der Waals surface area contributed by atoms with Crippen LogP contribution in [-0.4, -0.2) is 5.78 Å². The zero-order valence-electron chi connectivity index (χ0n) is 8.88. The van der Waals surface area contributed by atoms with Crippen molar-refractivity contribution in [1.29, 1.82) is 0 Å². The van der Waals surface area contributed by atoms with Gasteiger partial charge in [0.15, 0.2) is 0 Å². The lowest BCUT2D eigenvalue weighted by atomic mass is 10.1. The first kappa shape index (κ1) is 11.5. The standard InChI is InChI=1S/C13H13FO/c1-10(2)9-13(15)8-5-11-3-6-12(14)7-4-11/h3-4,6-7,10H,9H2,1-2H3. The molecule has 0 amide bonds. The molecule has 0 unspecified atom stereocenters.